The highest BCUT2D eigenvalue weighted by Crippen LogP contribution is 2.20. The summed E-state index contributed by atoms with van der Waals surface area (Å²) in [6.45, 7) is 1.63. The predicted octanol–water partition coefficient (Wildman–Crippen LogP) is 2.54. The lowest BCUT2D eigenvalue weighted by Gasteiger charge is -2.12. The van der Waals surface area contributed by atoms with E-state index in [0.717, 1.165) is 25.4 Å². The standard InChI is InChI=1S/C16H25N3O2/c1-19(2)16(20)13-8-9-15(18-12-13)17-10-5-11-21-14-6-3-4-7-14/h8-9,12,14H,3-7,10-11H2,1-2H3,(H,17,18). The number of carbonyl (C=O) groups excluding carboxylic acids is 1. The normalized spacial score (nSPS) is 15.1. The van der Waals surface area contributed by atoms with Gasteiger partial charge in [-0.2, -0.15) is 0 Å². The van der Waals surface area contributed by atoms with Gasteiger partial charge in [-0.3, -0.25) is 4.79 Å². The van der Waals surface area contributed by atoms with E-state index in [1.807, 2.05) is 6.07 Å². The van der Waals surface area contributed by atoms with Crippen molar-refractivity contribution < 1.29 is 9.53 Å². The molecule has 1 fully saturated rings. The van der Waals surface area contributed by atoms with Gasteiger partial charge in [0.25, 0.3) is 5.91 Å². The van der Waals surface area contributed by atoms with E-state index in [-0.39, 0.29) is 5.91 Å². The second-order valence-electron chi connectivity index (χ2n) is 5.69. The molecule has 0 aromatic carbocycles. The Morgan fingerprint density at radius 3 is 2.76 bits per heavy atom. The number of carbonyl (C=O) groups is 1. The minimum atomic E-state index is -0.0287. The zero-order valence-corrected chi connectivity index (χ0v) is 13.0. The van der Waals surface area contributed by atoms with E-state index < -0.39 is 0 Å². The van der Waals surface area contributed by atoms with Crippen molar-refractivity contribution in [2.75, 3.05) is 32.6 Å². The second-order valence-corrected chi connectivity index (χ2v) is 5.69. The molecule has 116 valence electrons. The summed E-state index contributed by atoms with van der Waals surface area (Å²) in [5.41, 5.74) is 0.607. The second kappa shape index (κ2) is 7.98. The molecule has 5 nitrogen and oxygen atoms in total. The van der Waals surface area contributed by atoms with Crippen molar-refractivity contribution in [3.63, 3.8) is 0 Å². The lowest BCUT2D eigenvalue weighted by atomic mass is 10.2. The molecule has 21 heavy (non-hydrogen) atoms. The van der Waals surface area contributed by atoms with E-state index in [4.69, 9.17) is 4.74 Å². The van der Waals surface area contributed by atoms with Crippen molar-refractivity contribution in [2.45, 2.75) is 38.2 Å². The molecule has 1 aromatic rings. The average Bonchev–Trinajstić information content (AvgIpc) is 3.00. The number of anilines is 1. The zero-order valence-electron chi connectivity index (χ0n) is 13.0. The van der Waals surface area contributed by atoms with Gasteiger partial charge in [-0.1, -0.05) is 12.8 Å². The van der Waals surface area contributed by atoms with Crippen LogP contribution in [0.5, 0.6) is 0 Å². The van der Waals surface area contributed by atoms with Gasteiger partial charge in [0, 0.05) is 33.4 Å². The molecular formula is C16H25N3O2. The van der Waals surface area contributed by atoms with E-state index in [2.05, 4.69) is 10.3 Å². The Balaban J connectivity index is 1.65. The minimum absolute atomic E-state index is 0.0287. The van der Waals surface area contributed by atoms with Crippen molar-refractivity contribution in [3.05, 3.63) is 23.9 Å². The van der Waals surface area contributed by atoms with Crippen LogP contribution in [0.4, 0.5) is 5.82 Å². The molecule has 0 atom stereocenters. The Kier molecular flexibility index (Phi) is 5.99. The van der Waals surface area contributed by atoms with Crippen molar-refractivity contribution in [3.8, 4) is 0 Å². The Bertz CT molecular complexity index is 439. The molecule has 5 heteroatoms. The Morgan fingerprint density at radius 1 is 1.38 bits per heavy atom. The van der Waals surface area contributed by atoms with Crippen molar-refractivity contribution >= 4 is 11.7 Å². The third kappa shape index (κ3) is 5.01. The van der Waals surface area contributed by atoms with Crippen LogP contribution in [0.3, 0.4) is 0 Å². The van der Waals surface area contributed by atoms with Crippen molar-refractivity contribution in [1.82, 2.24) is 9.88 Å². The highest BCUT2D eigenvalue weighted by atomic mass is 16.5. The maximum absolute atomic E-state index is 11.7. The molecule has 2 rings (SSSR count). The maximum atomic E-state index is 11.7. The van der Waals surface area contributed by atoms with E-state index in [0.29, 0.717) is 11.7 Å². The fraction of sp³-hybridized carbons (Fsp3) is 0.625. The van der Waals surface area contributed by atoms with Gasteiger partial charge in [0.05, 0.1) is 11.7 Å². The summed E-state index contributed by atoms with van der Waals surface area (Å²) in [4.78, 5) is 17.5. The summed E-state index contributed by atoms with van der Waals surface area (Å²) >= 11 is 0. The quantitative estimate of drug-likeness (QED) is 0.784. The first-order valence-corrected chi connectivity index (χ1v) is 7.70. The monoisotopic (exact) mass is 291 g/mol. The molecule has 0 aliphatic heterocycles. The fourth-order valence-electron chi connectivity index (χ4n) is 2.48. The van der Waals surface area contributed by atoms with Gasteiger partial charge >= 0.3 is 0 Å². The van der Waals surface area contributed by atoms with Crippen molar-refractivity contribution in [1.29, 1.82) is 0 Å². The van der Waals surface area contributed by atoms with Crippen LogP contribution >= 0.6 is 0 Å². The molecule has 0 radical (unpaired) electrons. The summed E-state index contributed by atoms with van der Waals surface area (Å²) in [7, 11) is 3.47. The Morgan fingerprint density at radius 2 is 2.14 bits per heavy atom. The fourth-order valence-corrected chi connectivity index (χ4v) is 2.48. The number of nitrogens with zero attached hydrogens (tertiary/aromatic N) is 2. The maximum Gasteiger partial charge on any atom is 0.254 e. The molecule has 1 saturated carbocycles. The summed E-state index contributed by atoms with van der Waals surface area (Å²) in [6, 6.07) is 3.64. The number of nitrogens with one attached hydrogen (secondary N) is 1. The summed E-state index contributed by atoms with van der Waals surface area (Å²) in [6.07, 6.45) is 8.12. The van der Waals surface area contributed by atoms with Crippen LogP contribution in [0.1, 0.15) is 42.5 Å². The molecule has 0 saturated heterocycles. The molecule has 1 amide bonds. The van der Waals surface area contributed by atoms with E-state index in [1.54, 1.807) is 31.3 Å². The molecule has 0 unspecified atom stereocenters. The number of rotatable bonds is 7. The van der Waals surface area contributed by atoms with E-state index >= 15 is 0 Å². The average molecular weight is 291 g/mol. The summed E-state index contributed by atoms with van der Waals surface area (Å²) < 4.78 is 5.81. The molecular weight excluding hydrogens is 266 g/mol. The lowest BCUT2D eigenvalue weighted by molar-refractivity contribution is 0.0583. The van der Waals surface area contributed by atoms with Crippen LogP contribution < -0.4 is 5.32 Å². The summed E-state index contributed by atoms with van der Waals surface area (Å²) in [5.74, 6) is 0.769. The Hall–Kier alpha value is -1.62. The van der Waals surface area contributed by atoms with Crippen molar-refractivity contribution in [2.24, 2.45) is 0 Å². The lowest BCUT2D eigenvalue weighted by Crippen LogP contribution is -2.21. The topological polar surface area (TPSA) is 54.5 Å². The van der Waals surface area contributed by atoms with Crippen LogP contribution in [0.15, 0.2) is 18.3 Å². The van der Waals surface area contributed by atoms with Gasteiger partial charge in [0.2, 0.25) is 0 Å². The predicted molar refractivity (Wildman–Crippen MR) is 83.6 cm³/mol. The number of pyridine rings is 1. The molecule has 1 N–H and O–H groups in total. The summed E-state index contributed by atoms with van der Waals surface area (Å²) in [5, 5.41) is 3.25. The molecule has 1 aromatic heterocycles. The first-order chi connectivity index (χ1) is 10.2. The zero-order chi connectivity index (χ0) is 15.1. The largest absolute Gasteiger partial charge is 0.378 e. The smallest absolute Gasteiger partial charge is 0.254 e. The van der Waals surface area contributed by atoms with Gasteiger partial charge in [-0.15, -0.1) is 0 Å². The molecule has 0 spiro atoms. The highest BCUT2D eigenvalue weighted by Gasteiger charge is 2.14. The molecule has 1 aliphatic carbocycles. The van der Waals surface area contributed by atoms with Gasteiger partial charge in [-0.05, 0) is 31.4 Å². The van der Waals surface area contributed by atoms with Gasteiger partial charge in [0.1, 0.15) is 5.82 Å². The molecule has 0 bridgehead atoms. The first-order valence-electron chi connectivity index (χ1n) is 7.70. The number of hydrogen-bond acceptors (Lipinski definition) is 4. The van der Waals surface area contributed by atoms with E-state index in [1.165, 1.54) is 25.7 Å². The molecule has 1 aliphatic rings. The number of hydrogen-bond donors (Lipinski definition) is 1. The van der Waals surface area contributed by atoms with Gasteiger partial charge in [0.15, 0.2) is 0 Å². The van der Waals surface area contributed by atoms with Crippen LogP contribution in [-0.2, 0) is 4.74 Å². The Labute approximate surface area is 126 Å². The number of aromatic nitrogens is 1. The minimum Gasteiger partial charge on any atom is -0.378 e. The first kappa shape index (κ1) is 15.8. The third-order valence-electron chi connectivity index (χ3n) is 3.70. The molecule has 1 heterocycles. The number of ether oxygens (including phenoxy) is 1. The third-order valence-corrected chi connectivity index (χ3v) is 3.70. The highest BCUT2D eigenvalue weighted by molar-refractivity contribution is 5.93. The number of amides is 1. The SMILES string of the molecule is CN(C)C(=O)c1ccc(NCCCOC2CCCC2)nc1. The van der Waals surface area contributed by atoms with Crippen LogP contribution in [0.2, 0.25) is 0 Å². The van der Waals surface area contributed by atoms with Crippen LogP contribution in [0, 0.1) is 0 Å². The van der Waals surface area contributed by atoms with E-state index in [9.17, 15) is 4.79 Å². The van der Waals surface area contributed by atoms with Gasteiger partial charge < -0.3 is 15.0 Å². The van der Waals surface area contributed by atoms with Crippen LogP contribution in [0.25, 0.3) is 0 Å². The van der Waals surface area contributed by atoms with Crippen LogP contribution in [-0.4, -0.2) is 49.1 Å². The van der Waals surface area contributed by atoms with Gasteiger partial charge in [-0.25, -0.2) is 4.98 Å².